The highest BCUT2D eigenvalue weighted by Crippen LogP contribution is 2.19. The molecule has 182 valence electrons. The lowest BCUT2D eigenvalue weighted by Gasteiger charge is -2.15. The van der Waals surface area contributed by atoms with E-state index in [1.165, 1.54) is 0 Å². The van der Waals surface area contributed by atoms with Crippen LogP contribution in [0.25, 0.3) is 5.70 Å². The second kappa shape index (κ2) is 13.2. The van der Waals surface area contributed by atoms with E-state index >= 15 is 0 Å². The molecule has 0 saturated carbocycles. The van der Waals surface area contributed by atoms with Gasteiger partial charge in [-0.1, -0.05) is 69.7 Å². The number of urea groups is 1. The Morgan fingerprint density at radius 3 is 2.09 bits per heavy atom. The Balaban J connectivity index is 2.29. The van der Waals surface area contributed by atoms with E-state index in [4.69, 9.17) is 22.2 Å². The Morgan fingerprint density at radius 1 is 0.912 bits per heavy atom. The van der Waals surface area contributed by atoms with Crippen LogP contribution in [0.4, 0.5) is 10.5 Å². The molecule has 7 N–H and O–H groups in total. The van der Waals surface area contributed by atoms with Crippen molar-refractivity contribution in [3.63, 3.8) is 0 Å². The van der Waals surface area contributed by atoms with Gasteiger partial charge in [-0.2, -0.15) is 0 Å². The van der Waals surface area contributed by atoms with Gasteiger partial charge in [0.05, 0.1) is 11.7 Å². The number of nitrogens with two attached hydrogens (primary N) is 3. The third-order valence-electron chi connectivity index (χ3n) is 5.51. The molecule has 2 aromatic rings. The van der Waals surface area contributed by atoms with Gasteiger partial charge in [0.2, 0.25) is 0 Å². The zero-order valence-corrected chi connectivity index (χ0v) is 20.7. The molecule has 0 aliphatic rings. The van der Waals surface area contributed by atoms with Crippen molar-refractivity contribution in [3.8, 4) is 0 Å². The Morgan fingerprint density at radius 2 is 1.53 bits per heavy atom. The molecular weight excluding hydrogens is 424 g/mol. The summed E-state index contributed by atoms with van der Waals surface area (Å²) in [6, 6.07) is 16.4. The standard InChI is InChI=1S/C27H38N6O/c1-5-9-22(17-12-18(2)3)31-25(29)21-15-13-20(14-16-21)24(28)19(4)26(33-27(30)34)32-23-10-7-6-8-11-23/h6-8,10-11,13-16,18,22H,5,9,12,17,28H2,1-4H3,(H2,29,31)(H3,30,32,33,34). The molecule has 0 aromatic heterocycles. The minimum Gasteiger partial charge on any atom is -0.398 e. The topological polar surface area (TPSA) is 132 Å². The first kappa shape index (κ1) is 26.6. The molecule has 2 amide bonds. The second-order valence-corrected chi connectivity index (χ2v) is 8.83. The van der Waals surface area contributed by atoms with Gasteiger partial charge in [0, 0.05) is 16.8 Å². The molecule has 2 rings (SSSR count). The van der Waals surface area contributed by atoms with Crippen molar-refractivity contribution in [1.29, 1.82) is 0 Å². The van der Waals surface area contributed by atoms with Gasteiger partial charge in [-0.25, -0.2) is 9.79 Å². The van der Waals surface area contributed by atoms with Crippen molar-refractivity contribution in [2.24, 2.45) is 33.1 Å². The largest absolute Gasteiger partial charge is 0.398 e. The third kappa shape index (κ3) is 8.39. The maximum Gasteiger partial charge on any atom is 0.317 e. The van der Waals surface area contributed by atoms with Gasteiger partial charge in [0.25, 0.3) is 0 Å². The number of carbonyl (C=O) groups is 1. The van der Waals surface area contributed by atoms with Crippen molar-refractivity contribution in [2.45, 2.75) is 59.4 Å². The first-order valence-corrected chi connectivity index (χ1v) is 11.8. The predicted molar refractivity (Wildman–Crippen MR) is 143 cm³/mol. The summed E-state index contributed by atoms with van der Waals surface area (Å²) in [6.07, 6.45) is 4.27. The minimum absolute atomic E-state index is 0.232. The summed E-state index contributed by atoms with van der Waals surface area (Å²) in [6.45, 7) is 8.41. The van der Waals surface area contributed by atoms with Gasteiger partial charge >= 0.3 is 6.03 Å². The molecule has 2 aromatic carbocycles. The van der Waals surface area contributed by atoms with Crippen LogP contribution in [0.3, 0.4) is 0 Å². The lowest BCUT2D eigenvalue weighted by atomic mass is 10.0. The Bertz CT molecular complexity index is 1020. The molecule has 0 saturated heterocycles. The van der Waals surface area contributed by atoms with Crippen molar-refractivity contribution in [3.05, 3.63) is 71.3 Å². The zero-order valence-electron chi connectivity index (χ0n) is 20.7. The van der Waals surface area contributed by atoms with Crippen LogP contribution in [0.5, 0.6) is 0 Å². The average Bonchev–Trinajstić information content (AvgIpc) is 2.81. The Hall–Kier alpha value is -3.61. The third-order valence-corrected chi connectivity index (χ3v) is 5.51. The molecule has 7 nitrogen and oxygen atoms in total. The van der Waals surface area contributed by atoms with Crippen LogP contribution in [0.2, 0.25) is 0 Å². The van der Waals surface area contributed by atoms with E-state index in [2.05, 4.69) is 31.1 Å². The predicted octanol–water partition coefficient (Wildman–Crippen LogP) is 5.09. The van der Waals surface area contributed by atoms with E-state index in [-0.39, 0.29) is 6.04 Å². The van der Waals surface area contributed by atoms with Crippen LogP contribution in [-0.2, 0) is 0 Å². The van der Waals surface area contributed by atoms with Crippen LogP contribution >= 0.6 is 0 Å². The van der Waals surface area contributed by atoms with Crippen LogP contribution in [-0.4, -0.2) is 23.7 Å². The molecule has 0 fully saturated rings. The second-order valence-electron chi connectivity index (χ2n) is 8.83. The van der Waals surface area contributed by atoms with Crippen LogP contribution in [0.1, 0.15) is 64.5 Å². The molecule has 0 spiro atoms. The van der Waals surface area contributed by atoms with Gasteiger partial charge < -0.3 is 17.2 Å². The number of primary amides is 1. The molecule has 1 atom stereocenters. The number of aliphatic imine (C=N–C) groups is 2. The summed E-state index contributed by atoms with van der Waals surface area (Å²) >= 11 is 0. The summed E-state index contributed by atoms with van der Waals surface area (Å²) in [5, 5.41) is 2.57. The fraction of sp³-hybridized carbons (Fsp3) is 0.370. The fourth-order valence-electron chi connectivity index (χ4n) is 3.52. The van der Waals surface area contributed by atoms with Gasteiger partial charge in [-0.3, -0.25) is 10.3 Å². The SMILES string of the molecule is CCCC(CCC(C)C)N=C(N)c1ccc(C(N)=C(C)C(=Nc2ccccc2)NC(N)=O)cc1. The van der Waals surface area contributed by atoms with E-state index in [9.17, 15) is 4.79 Å². The van der Waals surface area contributed by atoms with Crippen molar-refractivity contribution < 1.29 is 4.79 Å². The minimum atomic E-state index is -0.708. The van der Waals surface area contributed by atoms with Gasteiger partial charge in [-0.15, -0.1) is 0 Å². The maximum atomic E-state index is 11.5. The smallest absolute Gasteiger partial charge is 0.317 e. The number of hydrogen-bond donors (Lipinski definition) is 4. The van der Waals surface area contributed by atoms with Gasteiger partial charge in [0.15, 0.2) is 0 Å². The number of hydrogen-bond acceptors (Lipinski definition) is 4. The monoisotopic (exact) mass is 462 g/mol. The highest BCUT2D eigenvalue weighted by atomic mass is 16.2. The van der Waals surface area contributed by atoms with Crippen LogP contribution in [0, 0.1) is 5.92 Å². The van der Waals surface area contributed by atoms with Crippen LogP contribution < -0.4 is 22.5 Å². The summed E-state index contributed by atoms with van der Waals surface area (Å²) in [5.74, 6) is 1.48. The molecule has 0 aliphatic heterocycles. The van der Waals surface area contributed by atoms with Gasteiger partial charge in [-0.05, 0) is 49.8 Å². The lowest BCUT2D eigenvalue weighted by Crippen LogP contribution is -2.36. The van der Waals surface area contributed by atoms with E-state index in [1.807, 2.05) is 54.6 Å². The van der Waals surface area contributed by atoms with Crippen molar-refractivity contribution >= 4 is 29.1 Å². The maximum absolute atomic E-state index is 11.5. The van der Waals surface area contributed by atoms with E-state index in [1.54, 1.807) is 6.92 Å². The molecule has 0 radical (unpaired) electrons. The zero-order chi connectivity index (χ0) is 25.1. The van der Waals surface area contributed by atoms with Crippen LogP contribution in [0.15, 0.2) is 70.2 Å². The van der Waals surface area contributed by atoms with Crippen molar-refractivity contribution in [2.75, 3.05) is 0 Å². The highest BCUT2D eigenvalue weighted by Gasteiger charge is 2.13. The number of rotatable bonds is 10. The number of para-hydroxylation sites is 1. The van der Waals surface area contributed by atoms with E-state index in [0.717, 1.165) is 36.8 Å². The molecule has 0 aliphatic carbocycles. The number of nitrogens with zero attached hydrogens (tertiary/aromatic N) is 2. The molecule has 34 heavy (non-hydrogen) atoms. The number of benzene rings is 2. The first-order valence-electron chi connectivity index (χ1n) is 11.8. The number of carbonyl (C=O) groups excluding carboxylic acids is 1. The summed E-state index contributed by atoms with van der Waals surface area (Å²) in [5.41, 5.74) is 21.5. The summed E-state index contributed by atoms with van der Waals surface area (Å²) in [7, 11) is 0. The molecule has 0 bridgehead atoms. The number of amides is 2. The molecule has 7 heteroatoms. The number of amidine groups is 2. The Kier molecular flexibility index (Phi) is 10.3. The summed E-state index contributed by atoms with van der Waals surface area (Å²) < 4.78 is 0. The van der Waals surface area contributed by atoms with Gasteiger partial charge in [0.1, 0.15) is 11.7 Å². The number of nitrogens with one attached hydrogen (secondary N) is 1. The van der Waals surface area contributed by atoms with E-state index in [0.29, 0.717) is 34.5 Å². The van der Waals surface area contributed by atoms with Crippen molar-refractivity contribution in [1.82, 2.24) is 5.32 Å². The highest BCUT2D eigenvalue weighted by molar-refractivity contribution is 6.11. The first-order chi connectivity index (χ1) is 16.2. The summed E-state index contributed by atoms with van der Waals surface area (Å²) in [4.78, 5) is 20.8. The normalized spacial score (nSPS) is 14.0. The molecular formula is C27H38N6O. The lowest BCUT2D eigenvalue weighted by molar-refractivity contribution is 0.253. The molecule has 1 unspecified atom stereocenters. The average molecular weight is 463 g/mol. The van der Waals surface area contributed by atoms with E-state index < -0.39 is 6.03 Å². The Labute approximate surface area is 203 Å². The quantitative estimate of drug-likeness (QED) is 0.290. The fourth-order valence-corrected chi connectivity index (χ4v) is 3.52. The molecule has 0 heterocycles.